The molecule has 84 valence electrons. The number of methoxy groups -OCH3 is 1. The SMILES string of the molecule is COc1ccc(C(N)CO)cc1OCCl. The van der Waals surface area contributed by atoms with E-state index < -0.39 is 6.04 Å². The summed E-state index contributed by atoms with van der Waals surface area (Å²) in [6.07, 6.45) is 0. The first-order chi connectivity index (χ1) is 7.22. The molecular weight excluding hydrogens is 218 g/mol. The molecular formula is C10H14ClNO3. The summed E-state index contributed by atoms with van der Waals surface area (Å²) in [7, 11) is 1.54. The average molecular weight is 232 g/mol. The number of benzene rings is 1. The molecule has 1 rings (SSSR count). The standard InChI is InChI=1S/C10H14ClNO3/c1-14-9-3-2-7(8(12)5-13)4-10(9)15-6-11/h2-4,8,13H,5-6,12H2,1H3. The predicted octanol–water partition coefficient (Wildman–Crippen LogP) is 1.26. The number of hydrogen-bond donors (Lipinski definition) is 2. The average Bonchev–Trinajstić information content (AvgIpc) is 2.28. The third-order valence-corrected chi connectivity index (χ3v) is 2.13. The van der Waals surface area contributed by atoms with Gasteiger partial charge in [0.1, 0.15) is 0 Å². The van der Waals surface area contributed by atoms with Crippen LogP contribution >= 0.6 is 11.6 Å². The molecule has 0 aromatic heterocycles. The van der Waals surface area contributed by atoms with Crippen molar-refractivity contribution < 1.29 is 14.6 Å². The Morgan fingerprint density at radius 1 is 1.47 bits per heavy atom. The van der Waals surface area contributed by atoms with Crippen molar-refractivity contribution in [1.82, 2.24) is 0 Å². The first-order valence-corrected chi connectivity index (χ1v) is 4.99. The Hall–Kier alpha value is -0.970. The Morgan fingerprint density at radius 3 is 2.73 bits per heavy atom. The van der Waals surface area contributed by atoms with E-state index in [-0.39, 0.29) is 12.7 Å². The van der Waals surface area contributed by atoms with Crippen molar-refractivity contribution in [2.24, 2.45) is 5.73 Å². The second-order valence-electron chi connectivity index (χ2n) is 2.95. The first kappa shape index (κ1) is 12.1. The monoisotopic (exact) mass is 231 g/mol. The van der Waals surface area contributed by atoms with Gasteiger partial charge in [-0.25, -0.2) is 0 Å². The van der Waals surface area contributed by atoms with Gasteiger partial charge in [-0.1, -0.05) is 17.7 Å². The summed E-state index contributed by atoms with van der Waals surface area (Å²) in [6, 6.07) is 4.83. The fraction of sp³-hybridized carbons (Fsp3) is 0.400. The molecule has 0 bridgehead atoms. The minimum Gasteiger partial charge on any atom is -0.493 e. The molecule has 1 atom stereocenters. The van der Waals surface area contributed by atoms with E-state index in [1.807, 2.05) is 0 Å². The van der Waals surface area contributed by atoms with Crippen LogP contribution in [0.2, 0.25) is 0 Å². The third kappa shape index (κ3) is 2.99. The highest BCUT2D eigenvalue weighted by molar-refractivity contribution is 6.17. The largest absolute Gasteiger partial charge is 0.493 e. The maximum Gasteiger partial charge on any atom is 0.163 e. The molecule has 4 nitrogen and oxygen atoms in total. The molecule has 0 aliphatic rings. The molecule has 0 amide bonds. The number of alkyl halides is 1. The minimum absolute atomic E-state index is 0.0359. The van der Waals surface area contributed by atoms with E-state index in [0.29, 0.717) is 11.5 Å². The van der Waals surface area contributed by atoms with Gasteiger partial charge in [0.2, 0.25) is 0 Å². The molecule has 0 saturated carbocycles. The molecule has 0 spiro atoms. The van der Waals surface area contributed by atoms with Crippen molar-refractivity contribution in [2.45, 2.75) is 6.04 Å². The Morgan fingerprint density at radius 2 is 2.20 bits per heavy atom. The lowest BCUT2D eigenvalue weighted by molar-refractivity contribution is 0.267. The van der Waals surface area contributed by atoms with Gasteiger partial charge < -0.3 is 20.3 Å². The number of rotatable bonds is 5. The summed E-state index contributed by atoms with van der Waals surface area (Å²) in [5, 5.41) is 8.91. The molecule has 1 unspecified atom stereocenters. The van der Waals surface area contributed by atoms with Crippen LogP contribution in [-0.2, 0) is 0 Å². The van der Waals surface area contributed by atoms with Crippen molar-refractivity contribution in [3.63, 3.8) is 0 Å². The first-order valence-electron chi connectivity index (χ1n) is 4.46. The molecule has 0 aliphatic heterocycles. The van der Waals surface area contributed by atoms with E-state index in [1.54, 1.807) is 25.3 Å². The number of aliphatic hydroxyl groups excluding tert-OH is 1. The van der Waals surface area contributed by atoms with Crippen LogP contribution in [0.1, 0.15) is 11.6 Å². The highest BCUT2D eigenvalue weighted by Gasteiger charge is 2.09. The molecule has 15 heavy (non-hydrogen) atoms. The number of nitrogens with two attached hydrogens (primary N) is 1. The van der Waals surface area contributed by atoms with Crippen molar-refractivity contribution in [1.29, 1.82) is 0 Å². The van der Waals surface area contributed by atoms with Gasteiger partial charge in [0.25, 0.3) is 0 Å². The van der Waals surface area contributed by atoms with Crippen LogP contribution in [0.25, 0.3) is 0 Å². The number of ether oxygens (including phenoxy) is 2. The lowest BCUT2D eigenvalue weighted by atomic mass is 10.1. The fourth-order valence-corrected chi connectivity index (χ4v) is 1.32. The summed E-state index contributed by atoms with van der Waals surface area (Å²) >= 11 is 5.47. The molecule has 1 aromatic carbocycles. The van der Waals surface area contributed by atoms with Crippen LogP contribution in [0, 0.1) is 0 Å². The minimum atomic E-state index is -0.423. The van der Waals surface area contributed by atoms with E-state index in [0.717, 1.165) is 5.56 Å². The summed E-state index contributed by atoms with van der Waals surface area (Å²) in [5.74, 6) is 1.11. The highest BCUT2D eigenvalue weighted by Crippen LogP contribution is 2.29. The zero-order valence-electron chi connectivity index (χ0n) is 8.44. The Kier molecular flexibility index (Phi) is 4.68. The van der Waals surface area contributed by atoms with Crippen LogP contribution in [0.3, 0.4) is 0 Å². The highest BCUT2D eigenvalue weighted by atomic mass is 35.5. The molecule has 0 radical (unpaired) electrons. The van der Waals surface area contributed by atoms with E-state index in [4.69, 9.17) is 31.9 Å². The Labute approximate surface area is 93.6 Å². The van der Waals surface area contributed by atoms with Crippen LogP contribution in [0.4, 0.5) is 0 Å². The zero-order chi connectivity index (χ0) is 11.3. The molecule has 0 fully saturated rings. The van der Waals surface area contributed by atoms with Crippen LogP contribution < -0.4 is 15.2 Å². The van der Waals surface area contributed by atoms with Gasteiger partial charge in [-0.2, -0.15) is 0 Å². The summed E-state index contributed by atoms with van der Waals surface area (Å²) in [5.41, 5.74) is 6.45. The molecule has 1 aromatic rings. The van der Waals surface area contributed by atoms with Crippen LogP contribution in [0.15, 0.2) is 18.2 Å². The topological polar surface area (TPSA) is 64.7 Å². The van der Waals surface area contributed by atoms with E-state index in [1.165, 1.54) is 0 Å². The summed E-state index contributed by atoms with van der Waals surface area (Å²) in [4.78, 5) is 0. The van der Waals surface area contributed by atoms with Crippen molar-refractivity contribution in [2.75, 3.05) is 19.8 Å². The summed E-state index contributed by atoms with van der Waals surface area (Å²) < 4.78 is 10.2. The Balaban J connectivity index is 2.98. The lowest BCUT2D eigenvalue weighted by Gasteiger charge is -2.13. The number of aliphatic hydroxyl groups is 1. The number of hydrogen-bond acceptors (Lipinski definition) is 4. The van der Waals surface area contributed by atoms with Gasteiger partial charge in [0.15, 0.2) is 17.6 Å². The second-order valence-corrected chi connectivity index (χ2v) is 3.17. The van der Waals surface area contributed by atoms with Crippen LogP contribution in [0.5, 0.6) is 11.5 Å². The van der Waals surface area contributed by atoms with Gasteiger partial charge in [0.05, 0.1) is 19.8 Å². The maximum atomic E-state index is 8.91. The molecule has 3 N–H and O–H groups in total. The van der Waals surface area contributed by atoms with E-state index >= 15 is 0 Å². The van der Waals surface area contributed by atoms with Gasteiger partial charge in [0, 0.05) is 0 Å². The van der Waals surface area contributed by atoms with Crippen molar-refractivity contribution >= 4 is 11.6 Å². The normalized spacial score (nSPS) is 12.3. The van der Waals surface area contributed by atoms with Gasteiger partial charge in [-0.15, -0.1) is 0 Å². The van der Waals surface area contributed by atoms with Crippen LogP contribution in [-0.4, -0.2) is 24.9 Å². The van der Waals surface area contributed by atoms with Gasteiger partial charge >= 0.3 is 0 Å². The van der Waals surface area contributed by atoms with E-state index in [2.05, 4.69) is 0 Å². The maximum absolute atomic E-state index is 8.91. The molecule has 0 heterocycles. The summed E-state index contributed by atoms with van der Waals surface area (Å²) in [6.45, 7) is -0.118. The van der Waals surface area contributed by atoms with Gasteiger partial charge in [-0.05, 0) is 17.7 Å². The zero-order valence-corrected chi connectivity index (χ0v) is 9.20. The predicted molar refractivity (Wildman–Crippen MR) is 58.4 cm³/mol. The number of halogens is 1. The molecule has 0 saturated heterocycles. The third-order valence-electron chi connectivity index (χ3n) is 2.02. The molecule has 5 heteroatoms. The fourth-order valence-electron chi connectivity index (χ4n) is 1.20. The van der Waals surface area contributed by atoms with Crippen molar-refractivity contribution in [3.05, 3.63) is 23.8 Å². The lowest BCUT2D eigenvalue weighted by Crippen LogP contribution is -2.14. The second kappa shape index (κ2) is 5.80. The quantitative estimate of drug-likeness (QED) is 0.749. The van der Waals surface area contributed by atoms with Gasteiger partial charge in [-0.3, -0.25) is 0 Å². The van der Waals surface area contributed by atoms with E-state index in [9.17, 15) is 0 Å². The Bertz CT molecular complexity index is 320. The molecule has 0 aliphatic carbocycles. The smallest absolute Gasteiger partial charge is 0.163 e. The van der Waals surface area contributed by atoms with Crippen molar-refractivity contribution in [3.8, 4) is 11.5 Å².